The summed E-state index contributed by atoms with van der Waals surface area (Å²) in [7, 11) is -0.191. The molecule has 2 aliphatic carbocycles. The molecule has 50 heavy (non-hydrogen) atoms. The average molecular weight is 721 g/mol. The van der Waals surface area contributed by atoms with E-state index in [0.29, 0.717) is 49.5 Å². The van der Waals surface area contributed by atoms with Crippen LogP contribution in [0, 0.1) is 17.8 Å². The number of allylic oxidation sites excluding steroid dienone is 1. The Balaban J connectivity index is 1.33. The van der Waals surface area contributed by atoms with Crippen LogP contribution < -0.4 is 14.4 Å². The molecule has 2 amide bonds. The smallest absolute Gasteiger partial charge is 0.305 e. The number of benzene rings is 1. The number of aromatic nitrogens is 3. The number of ether oxygens (including phenoxy) is 2. The molecular formula is C37H45ClN6O5S. The van der Waals surface area contributed by atoms with Crippen LogP contribution in [0.15, 0.2) is 59.2 Å². The molecular weight excluding hydrogens is 676 g/mol. The molecule has 1 aromatic carbocycles. The second-order valence-electron chi connectivity index (χ2n) is 14.5. The van der Waals surface area contributed by atoms with Gasteiger partial charge in [-0.2, -0.15) is 5.10 Å². The molecule has 1 saturated carbocycles. The van der Waals surface area contributed by atoms with Crippen molar-refractivity contribution < 1.29 is 23.3 Å². The van der Waals surface area contributed by atoms with Crippen molar-refractivity contribution in [3.63, 3.8) is 0 Å². The summed E-state index contributed by atoms with van der Waals surface area (Å²) in [6.07, 6.45) is 12.6. The minimum Gasteiger partial charge on any atom is -0.489 e. The Hall–Kier alpha value is -3.74. The minimum atomic E-state index is -3.63. The molecule has 2 bridgehead atoms. The number of nitrogens with one attached hydrogen (secondary N) is 1. The van der Waals surface area contributed by atoms with Gasteiger partial charge in [0.1, 0.15) is 15.6 Å². The second-order valence-corrected chi connectivity index (χ2v) is 17.2. The van der Waals surface area contributed by atoms with E-state index in [0.717, 1.165) is 37.1 Å². The number of carbonyl (C=O) groups excluding carboxylic acids is 2. The van der Waals surface area contributed by atoms with Gasteiger partial charge in [0.15, 0.2) is 11.6 Å². The molecule has 1 spiro atoms. The number of halogens is 1. The molecule has 2 aliphatic heterocycles. The van der Waals surface area contributed by atoms with Crippen LogP contribution in [0.5, 0.6) is 5.75 Å². The summed E-state index contributed by atoms with van der Waals surface area (Å²) in [5.41, 5.74) is 2.45. The maximum Gasteiger partial charge on any atom is 0.305 e. The van der Waals surface area contributed by atoms with Crippen molar-refractivity contribution in [2.45, 2.75) is 69.1 Å². The molecule has 2 aromatic heterocycles. The highest BCUT2D eigenvalue weighted by molar-refractivity contribution is 7.93. The molecule has 4 heterocycles. The lowest BCUT2D eigenvalue weighted by Crippen LogP contribution is -2.49. The van der Waals surface area contributed by atoms with Crippen LogP contribution in [-0.2, 0) is 33.5 Å². The molecule has 3 aromatic rings. The highest BCUT2D eigenvalue weighted by Crippen LogP contribution is 2.46. The summed E-state index contributed by atoms with van der Waals surface area (Å²) in [6, 6.07) is 9.52. The van der Waals surface area contributed by atoms with Crippen molar-refractivity contribution >= 4 is 39.1 Å². The van der Waals surface area contributed by atoms with Gasteiger partial charge in [-0.15, -0.1) is 4.36 Å². The minimum absolute atomic E-state index is 0.0410. The van der Waals surface area contributed by atoms with Crippen molar-refractivity contribution in [3.05, 3.63) is 82.3 Å². The quantitative estimate of drug-likeness (QED) is 0.331. The van der Waals surface area contributed by atoms with Crippen LogP contribution >= 0.6 is 11.6 Å². The first-order valence-electron chi connectivity index (χ1n) is 17.5. The molecule has 1 fully saturated rings. The lowest BCUT2D eigenvalue weighted by molar-refractivity contribution is 0.0131. The van der Waals surface area contributed by atoms with Crippen molar-refractivity contribution in [2.75, 3.05) is 31.7 Å². The Morgan fingerprint density at radius 2 is 2.04 bits per heavy atom. The number of carbonyl (C=O) groups is 2. The lowest BCUT2D eigenvalue weighted by Gasteiger charge is -2.45. The first-order valence-corrected chi connectivity index (χ1v) is 19.4. The highest BCUT2D eigenvalue weighted by Gasteiger charge is 2.45. The van der Waals surface area contributed by atoms with Gasteiger partial charge >= 0.3 is 5.91 Å². The van der Waals surface area contributed by atoms with Gasteiger partial charge in [-0.1, -0.05) is 36.7 Å². The predicted molar refractivity (Wildman–Crippen MR) is 193 cm³/mol. The summed E-state index contributed by atoms with van der Waals surface area (Å²) in [5, 5.41) is 4.12. The fraction of sp³-hybridized carbons (Fsp3) is 0.514. The van der Waals surface area contributed by atoms with Gasteiger partial charge in [0, 0.05) is 43.9 Å². The van der Waals surface area contributed by atoms with E-state index in [1.807, 2.05) is 13.0 Å². The zero-order valence-electron chi connectivity index (χ0n) is 29.0. The number of pyridine rings is 1. The molecule has 266 valence electrons. The first-order chi connectivity index (χ1) is 24.0. The predicted octanol–water partition coefficient (Wildman–Crippen LogP) is 5.92. The van der Waals surface area contributed by atoms with Crippen molar-refractivity contribution in [2.24, 2.45) is 29.2 Å². The van der Waals surface area contributed by atoms with E-state index in [1.165, 1.54) is 28.2 Å². The fourth-order valence-electron chi connectivity index (χ4n) is 8.07. The number of nitrogens with zero attached hydrogens (tertiary/aromatic N) is 5. The maximum absolute atomic E-state index is 14.7. The number of hydrogen-bond acceptors (Lipinski definition) is 8. The molecule has 7 atom stereocenters. The highest BCUT2D eigenvalue weighted by atomic mass is 35.5. The van der Waals surface area contributed by atoms with Gasteiger partial charge in [-0.25, -0.2) is 9.19 Å². The van der Waals surface area contributed by atoms with Crippen molar-refractivity contribution in [3.8, 4) is 5.75 Å². The zero-order valence-corrected chi connectivity index (χ0v) is 30.6. The standard InChI is InChI=1S/C37H45ClN6O5S/c1-23-7-5-9-32(48-4)29-12-10-26(29)20-44-21-37(16-6-8-25-17-28(38)11-13-30(25)37)22-49-33-15-14-31(40-34(33)44)36(46)42-50(47,24(23)2)41-35(45)27-18-39-43(3)19-27/h5,9,11,13-15,17-19,23-24,26,29,32H,6-8,10,12,16,20-22H2,1-4H3,(H,41,42,45,46,47)/b9-5-/t23-,24+,26-,29+,32-,37-,50?/m0/s1. The second kappa shape index (κ2) is 13.8. The van der Waals surface area contributed by atoms with Gasteiger partial charge in [0.05, 0.1) is 29.7 Å². The van der Waals surface area contributed by atoms with E-state index in [9.17, 15) is 13.8 Å². The van der Waals surface area contributed by atoms with Gasteiger partial charge in [0.2, 0.25) is 0 Å². The first kappa shape index (κ1) is 34.7. The van der Waals surface area contributed by atoms with Crippen molar-refractivity contribution in [1.29, 1.82) is 0 Å². The Morgan fingerprint density at radius 3 is 2.78 bits per heavy atom. The normalized spacial score (nSPS) is 31.7. The summed E-state index contributed by atoms with van der Waals surface area (Å²) in [6.45, 7) is 5.54. The van der Waals surface area contributed by atoms with E-state index in [-0.39, 0.29) is 28.7 Å². The summed E-state index contributed by atoms with van der Waals surface area (Å²) in [4.78, 5) is 34.5. The van der Waals surface area contributed by atoms with Gasteiger partial charge < -0.3 is 14.4 Å². The number of amides is 2. The summed E-state index contributed by atoms with van der Waals surface area (Å²) in [5.74, 6) is 0.237. The van der Waals surface area contributed by atoms with E-state index in [4.69, 9.17) is 26.1 Å². The molecule has 1 unspecified atom stereocenters. The summed E-state index contributed by atoms with van der Waals surface area (Å²) >= 11 is 6.45. The van der Waals surface area contributed by atoms with E-state index in [1.54, 1.807) is 33.2 Å². The van der Waals surface area contributed by atoms with Gasteiger partial charge in [0.25, 0.3) is 5.91 Å². The largest absolute Gasteiger partial charge is 0.489 e. The molecule has 0 radical (unpaired) electrons. The molecule has 11 nitrogen and oxygen atoms in total. The third kappa shape index (κ3) is 6.57. The monoisotopic (exact) mass is 720 g/mol. The Kier molecular flexibility index (Phi) is 9.55. The summed E-state index contributed by atoms with van der Waals surface area (Å²) < 4.78 is 35.7. The van der Waals surface area contributed by atoms with E-state index in [2.05, 4.69) is 43.4 Å². The molecule has 0 saturated heterocycles. The number of fused-ring (bicyclic) bond motifs is 4. The maximum atomic E-state index is 14.7. The fourth-order valence-corrected chi connectivity index (χ4v) is 10.1. The molecule has 4 aliphatic rings. The van der Waals surface area contributed by atoms with Crippen molar-refractivity contribution in [1.82, 2.24) is 19.5 Å². The van der Waals surface area contributed by atoms with Gasteiger partial charge in [-0.3, -0.25) is 19.0 Å². The Bertz CT molecular complexity index is 1960. The van der Waals surface area contributed by atoms with Crippen LogP contribution in [0.4, 0.5) is 5.82 Å². The van der Waals surface area contributed by atoms with E-state index >= 15 is 0 Å². The molecule has 7 rings (SSSR count). The molecule has 13 heteroatoms. The van der Waals surface area contributed by atoms with Crippen LogP contribution in [-0.4, -0.2) is 68.9 Å². The number of rotatable bonds is 3. The Morgan fingerprint density at radius 1 is 1.20 bits per heavy atom. The third-order valence-corrected chi connectivity index (χ3v) is 13.9. The molecule has 1 N–H and O–H groups in total. The third-order valence-electron chi connectivity index (χ3n) is 11.3. The number of anilines is 1. The lowest BCUT2D eigenvalue weighted by atomic mass is 9.68. The zero-order chi connectivity index (χ0) is 35.2. The van der Waals surface area contributed by atoms with Crippen LogP contribution in [0.3, 0.4) is 0 Å². The van der Waals surface area contributed by atoms with Crippen LogP contribution in [0.2, 0.25) is 5.02 Å². The number of aryl methyl sites for hydroxylation is 2. The van der Waals surface area contributed by atoms with Crippen LogP contribution in [0.25, 0.3) is 0 Å². The topological polar surface area (TPSA) is 128 Å². The SMILES string of the molecule is CO[C@H]1/C=C\C[C@H](C)[C@@H](C)S(=O)(NC(=O)c2cnn(C)c2)=NC(=O)c2ccc3c(n2)N(C[C@@H]2CC[C@H]21)C[C@@]1(CCCc2cc(Cl)ccc21)CO3. The number of methoxy groups -OCH3 is 1. The number of hydrogen-bond donors (Lipinski definition) is 1. The Labute approximate surface area is 299 Å². The van der Waals surface area contributed by atoms with Crippen LogP contribution in [0.1, 0.15) is 77.9 Å². The average Bonchev–Trinajstić information content (AvgIpc) is 3.47. The van der Waals surface area contributed by atoms with Gasteiger partial charge in [-0.05, 0) is 98.6 Å². The van der Waals surface area contributed by atoms with E-state index < -0.39 is 27.0 Å².